The quantitative estimate of drug-likeness (QED) is 0.627. The van der Waals surface area contributed by atoms with E-state index in [9.17, 15) is 0 Å². The highest BCUT2D eigenvalue weighted by molar-refractivity contribution is 5.64. The van der Waals surface area contributed by atoms with Crippen LogP contribution in [0, 0.1) is 36.5 Å². The molecule has 2 nitrogen and oxygen atoms in total. The van der Waals surface area contributed by atoms with Crippen molar-refractivity contribution in [2.24, 2.45) is 0 Å². The highest BCUT2D eigenvalue weighted by Gasteiger charge is 1.97. The molecule has 0 atom stereocenters. The fourth-order valence-corrected chi connectivity index (χ4v) is 1.23. The van der Waals surface area contributed by atoms with Gasteiger partial charge in [-0.2, -0.15) is 10.5 Å². The Labute approximate surface area is 83.7 Å². The highest BCUT2D eigenvalue weighted by atomic mass is 14.3. The Balaban J connectivity index is 3.18. The van der Waals surface area contributed by atoms with E-state index in [0.29, 0.717) is 0 Å². The van der Waals surface area contributed by atoms with Gasteiger partial charge >= 0.3 is 0 Å². The molecule has 0 aliphatic rings. The second kappa shape index (κ2) is 4.25. The highest BCUT2D eigenvalue weighted by Crippen LogP contribution is 2.13. The van der Waals surface area contributed by atoms with Crippen LogP contribution in [-0.2, 0) is 0 Å². The van der Waals surface area contributed by atoms with Gasteiger partial charge in [0.05, 0.1) is 0 Å². The molecule has 0 N–H and O–H groups in total. The van der Waals surface area contributed by atoms with Crippen molar-refractivity contribution in [2.45, 2.75) is 13.8 Å². The first kappa shape index (κ1) is 10.0. The molecule has 0 fully saturated rings. The Morgan fingerprint density at radius 3 is 2.36 bits per heavy atom. The number of rotatable bonds is 1. The van der Waals surface area contributed by atoms with Crippen LogP contribution in [0.25, 0.3) is 6.08 Å². The molecule has 1 rings (SSSR count). The van der Waals surface area contributed by atoms with E-state index in [1.54, 1.807) is 6.08 Å². The largest absolute Gasteiger partial charge is 0.192 e. The third-order valence-electron chi connectivity index (χ3n) is 1.97. The van der Waals surface area contributed by atoms with Crippen molar-refractivity contribution in [3.63, 3.8) is 0 Å². The van der Waals surface area contributed by atoms with Crippen LogP contribution < -0.4 is 0 Å². The summed E-state index contributed by atoms with van der Waals surface area (Å²) in [5, 5.41) is 17.2. The smallest absolute Gasteiger partial charge is 0.130 e. The maximum absolute atomic E-state index is 8.59. The van der Waals surface area contributed by atoms with E-state index in [4.69, 9.17) is 10.5 Å². The lowest BCUT2D eigenvalue weighted by Crippen LogP contribution is -1.83. The van der Waals surface area contributed by atoms with E-state index < -0.39 is 0 Å². The Morgan fingerprint density at radius 2 is 1.86 bits per heavy atom. The molecule has 0 aromatic heterocycles. The topological polar surface area (TPSA) is 47.6 Å². The van der Waals surface area contributed by atoms with Gasteiger partial charge in [-0.05, 0) is 31.1 Å². The number of hydrogen-bond acceptors (Lipinski definition) is 2. The Bertz CT molecular complexity index is 440. The molecular weight excluding hydrogens is 172 g/mol. The standard InChI is InChI=1S/C12H10N2/c1-9-3-4-12(10(2)5-9)6-11(7-13)8-14/h3-6H,1-2H3. The molecule has 0 amide bonds. The molecule has 0 saturated carbocycles. The third-order valence-corrected chi connectivity index (χ3v) is 1.97. The van der Waals surface area contributed by atoms with Crippen molar-refractivity contribution in [1.82, 2.24) is 0 Å². The minimum Gasteiger partial charge on any atom is -0.192 e. The molecule has 0 aliphatic carbocycles. The van der Waals surface area contributed by atoms with E-state index in [2.05, 4.69) is 0 Å². The average Bonchev–Trinajstić information content (AvgIpc) is 2.17. The molecule has 68 valence electrons. The fourth-order valence-electron chi connectivity index (χ4n) is 1.23. The van der Waals surface area contributed by atoms with Crippen LogP contribution in [0.2, 0.25) is 0 Å². The summed E-state index contributed by atoms with van der Waals surface area (Å²) in [6.07, 6.45) is 1.61. The maximum atomic E-state index is 8.59. The molecule has 14 heavy (non-hydrogen) atoms. The second-order valence-electron chi connectivity index (χ2n) is 3.14. The van der Waals surface area contributed by atoms with Gasteiger partial charge in [-0.1, -0.05) is 23.8 Å². The zero-order chi connectivity index (χ0) is 10.6. The molecule has 1 aromatic rings. The van der Waals surface area contributed by atoms with Gasteiger partial charge in [0.1, 0.15) is 17.7 Å². The molecule has 0 heterocycles. The molecule has 0 unspecified atom stereocenters. The Morgan fingerprint density at radius 1 is 1.21 bits per heavy atom. The summed E-state index contributed by atoms with van der Waals surface area (Å²) in [5.41, 5.74) is 3.31. The predicted octanol–water partition coefficient (Wildman–Crippen LogP) is 2.73. The number of allylic oxidation sites excluding steroid dienone is 1. The summed E-state index contributed by atoms with van der Waals surface area (Å²) in [5.74, 6) is 0. The van der Waals surface area contributed by atoms with Gasteiger partial charge in [-0.3, -0.25) is 0 Å². The molecule has 0 aliphatic heterocycles. The lowest BCUT2D eigenvalue weighted by atomic mass is 10.0. The zero-order valence-electron chi connectivity index (χ0n) is 8.20. The van der Waals surface area contributed by atoms with Crippen molar-refractivity contribution in [1.29, 1.82) is 10.5 Å². The normalized spacial score (nSPS) is 8.57. The molecule has 1 aromatic carbocycles. The first-order chi connectivity index (χ1) is 6.67. The number of benzene rings is 1. The fraction of sp³-hybridized carbons (Fsp3) is 0.167. The van der Waals surface area contributed by atoms with Crippen LogP contribution in [-0.4, -0.2) is 0 Å². The van der Waals surface area contributed by atoms with Crippen LogP contribution in [0.1, 0.15) is 16.7 Å². The zero-order valence-corrected chi connectivity index (χ0v) is 8.20. The minimum atomic E-state index is 0.136. The maximum Gasteiger partial charge on any atom is 0.130 e. The summed E-state index contributed by atoms with van der Waals surface area (Å²) in [4.78, 5) is 0. The van der Waals surface area contributed by atoms with Crippen LogP contribution in [0.15, 0.2) is 23.8 Å². The summed E-state index contributed by atoms with van der Waals surface area (Å²) >= 11 is 0. The SMILES string of the molecule is Cc1ccc(C=C(C#N)C#N)c(C)c1. The molecule has 0 radical (unpaired) electrons. The van der Waals surface area contributed by atoms with E-state index >= 15 is 0 Å². The third kappa shape index (κ3) is 2.21. The van der Waals surface area contributed by atoms with Gasteiger partial charge < -0.3 is 0 Å². The van der Waals surface area contributed by atoms with Crippen LogP contribution in [0.3, 0.4) is 0 Å². The van der Waals surface area contributed by atoms with Crippen LogP contribution in [0.4, 0.5) is 0 Å². The monoisotopic (exact) mass is 182 g/mol. The van der Waals surface area contributed by atoms with Gasteiger partial charge in [-0.15, -0.1) is 0 Å². The summed E-state index contributed by atoms with van der Waals surface area (Å²) in [6.45, 7) is 3.97. The van der Waals surface area contributed by atoms with Crippen molar-refractivity contribution >= 4 is 6.08 Å². The minimum absolute atomic E-state index is 0.136. The molecule has 0 bridgehead atoms. The first-order valence-electron chi connectivity index (χ1n) is 4.26. The van der Waals surface area contributed by atoms with Crippen molar-refractivity contribution < 1.29 is 0 Å². The van der Waals surface area contributed by atoms with Gasteiger partial charge in [-0.25, -0.2) is 0 Å². The van der Waals surface area contributed by atoms with Gasteiger partial charge in [0.15, 0.2) is 0 Å². The summed E-state index contributed by atoms with van der Waals surface area (Å²) < 4.78 is 0. The first-order valence-corrected chi connectivity index (χ1v) is 4.26. The van der Waals surface area contributed by atoms with Gasteiger partial charge in [0, 0.05) is 0 Å². The van der Waals surface area contributed by atoms with Crippen LogP contribution in [0.5, 0.6) is 0 Å². The number of hydrogen-bond donors (Lipinski definition) is 0. The van der Waals surface area contributed by atoms with Crippen molar-refractivity contribution in [2.75, 3.05) is 0 Å². The predicted molar refractivity (Wildman–Crippen MR) is 55.1 cm³/mol. The van der Waals surface area contributed by atoms with E-state index in [1.165, 1.54) is 5.56 Å². The Hall–Kier alpha value is -2.06. The van der Waals surface area contributed by atoms with Crippen molar-refractivity contribution in [3.05, 3.63) is 40.5 Å². The molecule has 2 heteroatoms. The van der Waals surface area contributed by atoms with Gasteiger partial charge in [0.25, 0.3) is 0 Å². The number of aryl methyl sites for hydroxylation is 2. The van der Waals surface area contributed by atoms with E-state index in [-0.39, 0.29) is 5.57 Å². The molecule has 0 spiro atoms. The Kier molecular flexibility index (Phi) is 3.05. The van der Waals surface area contributed by atoms with E-state index in [0.717, 1.165) is 11.1 Å². The van der Waals surface area contributed by atoms with E-state index in [1.807, 2.05) is 44.2 Å². The number of nitrogens with zero attached hydrogens (tertiary/aromatic N) is 2. The average molecular weight is 182 g/mol. The summed E-state index contributed by atoms with van der Waals surface area (Å²) in [7, 11) is 0. The van der Waals surface area contributed by atoms with Crippen LogP contribution >= 0.6 is 0 Å². The lowest BCUT2D eigenvalue weighted by Gasteiger charge is -2.00. The summed E-state index contributed by atoms with van der Waals surface area (Å²) in [6, 6.07) is 9.59. The number of nitriles is 2. The molecule has 0 saturated heterocycles. The van der Waals surface area contributed by atoms with Crippen molar-refractivity contribution in [3.8, 4) is 12.1 Å². The second-order valence-corrected chi connectivity index (χ2v) is 3.14. The lowest BCUT2D eigenvalue weighted by molar-refractivity contribution is 1.36. The molecular formula is C12H10N2. The van der Waals surface area contributed by atoms with Gasteiger partial charge in [0.2, 0.25) is 0 Å².